The average molecular weight is 352 g/mol. The van der Waals surface area contributed by atoms with Crippen molar-refractivity contribution in [2.75, 3.05) is 11.9 Å². The number of hydrogen-bond acceptors (Lipinski definition) is 4. The van der Waals surface area contributed by atoms with Gasteiger partial charge in [0.2, 0.25) is 0 Å². The van der Waals surface area contributed by atoms with Gasteiger partial charge in [-0.2, -0.15) is 5.10 Å². The third-order valence-electron chi connectivity index (χ3n) is 3.17. The number of nitrogens with zero attached hydrogens (tertiary/aromatic N) is 1. The second-order valence-electron chi connectivity index (χ2n) is 4.83. The third kappa shape index (κ3) is 3.26. The zero-order valence-electron chi connectivity index (χ0n) is 12.5. The molecule has 0 saturated heterocycles. The van der Waals surface area contributed by atoms with Gasteiger partial charge < -0.3 is 10.1 Å². The van der Waals surface area contributed by atoms with Crippen molar-refractivity contribution in [3.8, 4) is 0 Å². The number of aryl methyl sites for hydroxylation is 3. The van der Waals surface area contributed by atoms with Gasteiger partial charge in [0.25, 0.3) is 0 Å². The van der Waals surface area contributed by atoms with E-state index in [-0.39, 0.29) is 5.97 Å². The molecule has 2 rings (SSSR count). The molecule has 6 heteroatoms. The number of anilines is 2. The summed E-state index contributed by atoms with van der Waals surface area (Å²) in [6, 6.07) is 4.03. The Hall–Kier alpha value is -1.82. The smallest absolute Gasteiger partial charge is 0.343 e. The van der Waals surface area contributed by atoms with E-state index in [1.807, 2.05) is 26.0 Å². The van der Waals surface area contributed by atoms with Crippen LogP contribution in [0.3, 0.4) is 0 Å². The molecule has 0 fully saturated rings. The van der Waals surface area contributed by atoms with Crippen molar-refractivity contribution in [3.05, 3.63) is 39.0 Å². The Labute approximate surface area is 132 Å². The largest absolute Gasteiger partial charge is 0.462 e. The van der Waals surface area contributed by atoms with Gasteiger partial charge in [-0.05, 0) is 51.0 Å². The number of aromatic nitrogens is 2. The van der Waals surface area contributed by atoms with E-state index < -0.39 is 0 Å². The molecule has 0 spiro atoms. The van der Waals surface area contributed by atoms with Crippen LogP contribution in [0.2, 0.25) is 0 Å². The summed E-state index contributed by atoms with van der Waals surface area (Å²) in [5, 5.41) is 10.2. The van der Waals surface area contributed by atoms with Gasteiger partial charge in [0.15, 0.2) is 5.82 Å². The van der Waals surface area contributed by atoms with E-state index in [0.29, 0.717) is 23.7 Å². The molecule has 1 aromatic heterocycles. The Balaban J connectivity index is 2.39. The van der Waals surface area contributed by atoms with E-state index in [4.69, 9.17) is 4.74 Å². The number of halogens is 1. The molecule has 0 aliphatic heterocycles. The highest BCUT2D eigenvalue weighted by molar-refractivity contribution is 9.10. The second-order valence-corrected chi connectivity index (χ2v) is 5.75. The van der Waals surface area contributed by atoms with Crippen molar-refractivity contribution >= 4 is 33.4 Å². The number of esters is 1. The minimum absolute atomic E-state index is 0.333. The van der Waals surface area contributed by atoms with Crippen LogP contribution in [-0.2, 0) is 4.74 Å². The van der Waals surface area contributed by atoms with Gasteiger partial charge in [-0.3, -0.25) is 5.10 Å². The molecule has 0 unspecified atom stereocenters. The minimum Gasteiger partial charge on any atom is -0.462 e. The van der Waals surface area contributed by atoms with E-state index in [1.54, 1.807) is 13.8 Å². The summed E-state index contributed by atoms with van der Waals surface area (Å²) in [5.41, 5.74) is 4.20. The lowest BCUT2D eigenvalue weighted by Gasteiger charge is -2.13. The lowest BCUT2D eigenvalue weighted by Crippen LogP contribution is -2.08. The number of rotatable bonds is 4. The summed E-state index contributed by atoms with van der Waals surface area (Å²) in [6.07, 6.45) is 0. The molecule has 1 aromatic carbocycles. The van der Waals surface area contributed by atoms with Crippen molar-refractivity contribution in [1.82, 2.24) is 10.2 Å². The summed E-state index contributed by atoms with van der Waals surface area (Å²) >= 11 is 3.47. The molecular weight excluding hydrogens is 334 g/mol. The van der Waals surface area contributed by atoms with E-state index in [1.165, 1.54) is 0 Å². The summed E-state index contributed by atoms with van der Waals surface area (Å²) in [5.74, 6) is 0.109. The Morgan fingerprint density at radius 1 is 1.33 bits per heavy atom. The predicted molar refractivity (Wildman–Crippen MR) is 86.2 cm³/mol. The van der Waals surface area contributed by atoms with Crippen LogP contribution in [0.4, 0.5) is 11.5 Å². The Bertz CT molecular complexity index is 657. The van der Waals surface area contributed by atoms with E-state index in [0.717, 1.165) is 21.3 Å². The lowest BCUT2D eigenvalue weighted by molar-refractivity contribution is 0.0527. The molecule has 0 radical (unpaired) electrons. The van der Waals surface area contributed by atoms with Gasteiger partial charge in [-0.1, -0.05) is 15.9 Å². The summed E-state index contributed by atoms with van der Waals surface area (Å²) in [7, 11) is 0. The van der Waals surface area contributed by atoms with E-state index >= 15 is 0 Å². The molecular formula is C15H18BrN3O2. The van der Waals surface area contributed by atoms with Crippen LogP contribution < -0.4 is 5.32 Å². The number of carbonyl (C=O) groups is 1. The summed E-state index contributed by atoms with van der Waals surface area (Å²) < 4.78 is 6.10. The molecule has 5 nitrogen and oxygen atoms in total. The van der Waals surface area contributed by atoms with Gasteiger partial charge in [0, 0.05) is 15.9 Å². The average Bonchev–Trinajstić information content (AvgIpc) is 2.75. The predicted octanol–water partition coefficient (Wildman–Crippen LogP) is 4.02. The quantitative estimate of drug-likeness (QED) is 0.816. The van der Waals surface area contributed by atoms with Crippen molar-refractivity contribution in [3.63, 3.8) is 0 Å². The van der Waals surface area contributed by atoms with Crippen LogP contribution in [-0.4, -0.2) is 22.8 Å². The number of ether oxygens (including phenoxy) is 1. The first kappa shape index (κ1) is 15.6. The first-order chi connectivity index (χ1) is 9.93. The number of nitrogens with one attached hydrogen (secondary N) is 2. The van der Waals surface area contributed by atoms with Crippen LogP contribution in [0.25, 0.3) is 0 Å². The number of hydrogen-bond donors (Lipinski definition) is 2. The number of H-pyrrole nitrogens is 1. The Kier molecular flexibility index (Phi) is 4.67. The molecule has 0 aliphatic rings. The van der Waals surface area contributed by atoms with Crippen molar-refractivity contribution < 1.29 is 9.53 Å². The third-order valence-corrected chi connectivity index (χ3v) is 3.63. The van der Waals surface area contributed by atoms with Crippen molar-refractivity contribution in [1.29, 1.82) is 0 Å². The second kappa shape index (κ2) is 6.30. The first-order valence-electron chi connectivity index (χ1n) is 6.69. The lowest BCUT2D eigenvalue weighted by atomic mass is 10.1. The molecule has 21 heavy (non-hydrogen) atoms. The molecule has 2 N–H and O–H groups in total. The fourth-order valence-electron chi connectivity index (χ4n) is 2.20. The fourth-order valence-corrected chi connectivity index (χ4v) is 2.89. The Morgan fingerprint density at radius 3 is 2.52 bits per heavy atom. The monoisotopic (exact) mass is 351 g/mol. The number of benzene rings is 1. The van der Waals surface area contributed by atoms with Gasteiger partial charge in [0.05, 0.1) is 6.61 Å². The molecule has 1 heterocycles. The molecule has 0 saturated carbocycles. The van der Waals surface area contributed by atoms with Crippen molar-refractivity contribution in [2.45, 2.75) is 27.7 Å². The zero-order chi connectivity index (χ0) is 15.6. The highest BCUT2D eigenvalue weighted by Gasteiger charge is 2.20. The standard InChI is InChI=1S/C15H18BrN3O2/c1-5-21-15(20)12-10(4)18-19-14(12)17-13-8(2)6-11(16)7-9(13)3/h6-7H,5H2,1-4H3,(H2,17,18,19). The zero-order valence-corrected chi connectivity index (χ0v) is 14.1. The molecule has 112 valence electrons. The fraction of sp³-hybridized carbons (Fsp3) is 0.333. The number of carbonyl (C=O) groups excluding carboxylic acids is 1. The molecule has 0 aliphatic carbocycles. The number of aromatic amines is 1. The maximum atomic E-state index is 12.0. The van der Waals surface area contributed by atoms with Crippen molar-refractivity contribution in [2.24, 2.45) is 0 Å². The van der Waals surface area contributed by atoms with Gasteiger partial charge >= 0.3 is 5.97 Å². The van der Waals surface area contributed by atoms with E-state index in [9.17, 15) is 4.79 Å². The normalized spacial score (nSPS) is 10.5. The molecule has 0 amide bonds. The minimum atomic E-state index is -0.376. The SMILES string of the molecule is CCOC(=O)c1c(Nc2c(C)cc(Br)cc2C)n[nH]c1C. The maximum Gasteiger partial charge on any atom is 0.343 e. The van der Waals surface area contributed by atoms with Crippen LogP contribution in [0.15, 0.2) is 16.6 Å². The molecule has 0 atom stereocenters. The Morgan fingerprint density at radius 2 is 1.95 bits per heavy atom. The molecule has 0 bridgehead atoms. The van der Waals surface area contributed by atoms with Crippen LogP contribution in [0.1, 0.15) is 34.1 Å². The highest BCUT2D eigenvalue weighted by atomic mass is 79.9. The van der Waals surface area contributed by atoms with E-state index in [2.05, 4.69) is 31.4 Å². The van der Waals surface area contributed by atoms with Crippen LogP contribution in [0, 0.1) is 20.8 Å². The van der Waals surface area contributed by atoms with Crippen LogP contribution >= 0.6 is 15.9 Å². The summed E-state index contributed by atoms with van der Waals surface area (Å²) in [4.78, 5) is 12.0. The summed E-state index contributed by atoms with van der Waals surface area (Å²) in [6.45, 7) is 7.92. The topological polar surface area (TPSA) is 67.0 Å². The first-order valence-corrected chi connectivity index (χ1v) is 7.49. The maximum absolute atomic E-state index is 12.0. The van der Waals surface area contributed by atoms with Gasteiger partial charge in [-0.15, -0.1) is 0 Å². The highest BCUT2D eigenvalue weighted by Crippen LogP contribution is 2.29. The van der Waals surface area contributed by atoms with Crippen LogP contribution in [0.5, 0.6) is 0 Å². The molecule has 2 aromatic rings. The van der Waals surface area contributed by atoms with Gasteiger partial charge in [-0.25, -0.2) is 4.79 Å². The van der Waals surface area contributed by atoms with Gasteiger partial charge in [0.1, 0.15) is 5.56 Å².